The lowest BCUT2D eigenvalue weighted by atomic mass is 10.1. The van der Waals surface area contributed by atoms with Crippen molar-refractivity contribution in [3.8, 4) is 11.8 Å². The number of carbonyl (C=O) groups is 8. The largest absolute Gasteiger partial charge is 0.494 e. The summed E-state index contributed by atoms with van der Waals surface area (Å²) in [4.78, 5) is 117. The summed E-state index contributed by atoms with van der Waals surface area (Å²) >= 11 is 0. The predicted octanol–water partition coefficient (Wildman–Crippen LogP) is 2.88. The highest BCUT2D eigenvalue weighted by Crippen LogP contribution is 2.30. The SMILES string of the molecule is Cc1ccc(CCCC(=O)NCCCC[C@@H](N/N=C/CCCCCC(=O)N2CCN(CCCOc3ccc4nccc(C(=O)NCC(=O)N5CC(C)(F)C[C@@H]5C#N)c4c3)CC2)NC(=O)CN2CCN(COC=O)CCN(COC=O)CCN(CC(=O)O)CC2)cc1. The summed E-state index contributed by atoms with van der Waals surface area (Å²) in [6.45, 7) is 11.0. The first-order chi connectivity index (χ1) is 44.0. The van der Waals surface area contributed by atoms with Crippen molar-refractivity contribution in [3.63, 3.8) is 0 Å². The maximum absolute atomic E-state index is 14.6. The molecule has 91 heavy (non-hydrogen) atoms. The minimum absolute atomic E-state index is 0.0000319. The molecule has 0 saturated carbocycles. The number of nitrogens with zero attached hydrogens (tertiary/aromatic N) is 10. The van der Waals surface area contributed by atoms with Crippen molar-refractivity contribution in [2.24, 2.45) is 5.10 Å². The number of hydrogen-bond acceptors (Lipinski definition) is 20. The quantitative estimate of drug-likeness (QED) is 0.0184. The van der Waals surface area contributed by atoms with Gasteiger partial charge in [0.2, 0.25) is 23.6 Å². The Bertz CT molecular complexity index is 2870. The van der Waals surface area contributed by atoms with Crippen LogP contribution in [0.2, 0.25) is 0 Å². The second-order valence-electron chi connectivity index (χ2n) is 23.7. The van der Waals surface area contributed by atoms with Crippen molar-refractivity contribution < 1.29 is 62.1 Å². The molecule has 4 heterocycles. The van der Waals surface area contributed by atoms with Crippen LogP contribution in [0.25, 0.3) is 10.9 Å². The third-order valence-electron chi connectivity index (χ3n) is 16.4. The summed E-state index contributed by atoms with van der Waals surface area (Å²) in [5.74, 6) is -1.62. The summed E-state index contributed by atoms with van der Waals surface area (Å²) in [7, 11) is 0. The molecule has 498 valence electrons. The molecule has 2 aromatic carbocycles. The fraction of sp³-hybridized carbons (Fsp3) is 0.609. The fourth-order valence-electron chi connectivity index (χ4n) is 11.2. The van der Waals surface area contributed by atoms with E-state index in [0.29, 0.717) is 152 Å². The van der Waals surface area contributed by atoms with E-state index in [0.717, 1.165) is 58.2 Å². The highest BCUT2D eigenvalue weighted by atomic mass is 19.1. The topological polar surface area (TPSA) is 304 Å². The number of alkyl halides is 1. The van der Waals surface area contributed by atoms with Crippen LogP contribution in [0.4, 0.5) is 4.39 Å². The van der Waals surface area contributed by atoms with Crippen LogP contribution >= 0.6 is 0 Å². The van der Waals surface area contributed by atoms with Gasteiger partial charge in [-0.1, -0.05) is 36.2 Å². The monoisotopic (exact) mass is 1270 g/mol. The van der Waals surface area contributed by atoms with E-state index in [1.807, 2.05) is 32.6 Å². The highest BCUT2D eigenvalue weighted by molar-refractivity contribution is 6.07. The van der Waals surface area contributed by atoms with Crippen LogP contribution < -0.4 is 26.1 Å². The Balaban J connectivity index is 0.904. The average Bonchev–Trinajstić information content (AvgIpc) is 1.81. The van der Waals surface area contributed by atoms with Crippen molar-refractivity contribution in [1.82, 2.24) is 60.7 Å². The molecule has 3 aliphatic heterocycles. The van der Waals surface area contributed by atoms with Gasteiger partial charge in [-0.2, -0.15) is 10.4 Å². The number of carbonyl (C=O) groups excluding carboxylic acids is 7. The number of hydrazone groups is 1. The normalized spacial score (nSPS) is 18.7. The van der Waals surface area contributed by atoms with Gasteiger partial charge in [0.05, 0.1) is 49.9 Å². The number of pyridine rings is 1. The summed E-state index contributed by atoms with van der Waals surface area (Å²) in [6, 6.07) is 16.2. The van der Waals surface area contributed by atoms with E-state index < -0.39 is 35.7 Å². The van der Waals surface area contributed by atoms with Gasteiger partial charge >= 0.3 is 5.97 Å². The number of benzene rings is 2. The molecular formula is C64H93FN14O12. The number of hydrogen-bond donors (Lipinski definition) is 5. The molecule has 0 aliphatic carbocycles. The van der Waals surface area contributed by atoms with Crippen LogP contribution in [0.5, 0.6) is 5.75 Å². The second kappa shape index (κ2) is 39.4. The molecule has 3 saturated heterocycles. The number of carboxylic acid groups (broad SMARTS) is 1. The van der Waals surface area contributed by atoms with E-state index in [-0.39, 0.29) is 63.8 Å². The van der Waals surface area contributed by atoms with Gasteiger partial charge in [-0.25, -0.2) is 4.39 Å². The van der Waals surface area contributed by atoms with Gasteiger partial charge in [0, 0.05) is 129 Å². The Labute approximate surface area is 533 Å². The van der Waals surface area contributed by atoms with Crippen LogP contribution in [0.15, 0.2) is 59.8 Å². The van der Waals surface area contributed by atoms with E-state index >= 15 is 0 Å². The number of aryl methyl sites for hydroxylation is 2. The fourth-order valence-corrected chi connectivity index (χ4v) is 11.2. The molecule has 3 atom stereocenters. The first-order valence-electron chi connectivity index (χ1n) is 31.8. The first kappa shape index (κ1) is 72.2. The number of nitriles is 1. The van der Waals surface area contributed by atoms with Crippen molar-refractivity contribution >= 4 is 65.6 Å². The molecule has 3 aliphatic rings. The van der Waals surface area contributed by atoms with Crippen LogP contribution in [-0.4, -0.2) is 255 Å². The minimum Gasteiger partial charge on any atom is -0.494 e. The molecule has 3 aromatic rings. The van der Waals surface area contributed by atoms with Crippen molar-refractivity contribution in [3.05, 3.63) is 71.4 Å². The first-order valence-corrected chi connectivity index (χ1v) is 31.8. The molecule has 0 radical (unpaired) electrons. The number of unbranched alkanes of at least 4 members (excludes halogenated alkanes) is 4. The number of fused-ring (bicyclic) bond motifs is 1. The summed E-state index contributed by atoms with van der Waals surface area (Å²) < 4.78 is 30.8. The lowest BCUT2D eigenvalue weighted by Crippen LogP contribution is -2.51. The lowest BCUT2D eigenvalue weighted by Gasteiger charge is -2.34. The zero-order chi connectivity index (χ0) is 65.2. The molecule has 6 rings (SSSR count). The standard InChI is InChI=1S/C64H93FN14O12/c1-50-15-17-51(18-16-50)11-9-13-58(82)68-22-8-6-12-57(71-59(83)43-74-26-27-75(44-62(86)87)29-31-77(47-90-49-81)33-32-76(30-28-74)46-89-48-80)72-70-23-7-4-3-5-14-60(84)78-36-34-73(35-37-78)25-10-38-91-53-19-20-56-55(39-53)54(21-24-67-56)63(88)69-42-61(85)79-45-64(2,65)40-52(79)41-66/h15-21,23-24,39,48-49,52,57,72H,3-14,22,25-38,40,42-47H2,1-2H3,(H,68,82)(H,69,88)(H,71,83)(H,86,87)/b70-23+/t52-,57-,64?/m1/s1. The van der Waals surface area contributed by atoms with Crippen LogP contribution in [0, 0.1) is 18.3 Å². The number of piperazine rings is 1. The number of nitrogens with one attached hydrogen (secondary N) is 4. The number of ether oxygens (including phenoxy) is 3. The molecular weight excluding hydrogens is 1180 g/mol. The number of carboxylic acids is 1. The van der Waals surface area contributed by atoms with Gasteiger partial charge in [0.1, 0.15) is 37.1 Å². The zero-order valence-electron chi connectivity index (χ0n) is 52.9. The van der Waals surface area contributed by atoms with Crippen LogP contribution in [0.1, 0.15) is 105 Å². The second-order valence-corrected chi connectivity index (χ2v) is 23.7. The molecule has 0 bridgehead atoms. The minimum atomic E-state index is -1.67. The number of likely N-dealkylation sites (tertiary alicyclic amines) is 1. The number of rotatable bonds is 36. The molecule has 0 spiro atoms. The molecule has 5 N–H and O–H groups in total. The summed E-state index contributed by atoms with van der Waals surface area (Å²) in [5.41, 5.74) is 4.72. The van der Waals surface area contributed by atoms with E-state index in [1.54, 1.807) is 35.4 Å². The van der Waals surface area contributed by atoms with Gasteiger partial charge in [0.25, 0.3) is 18.9 Å². The number of aromatic nitrogens is 1. The predicted molar refractivity (Wildman–Crippen MR) is 338 cm³/mol. The van der Waals surface area contributed by atoms with Gasteiger partial charge in [-0.15, -0.1) is 0 Å². The Kier molecular flexibility index (Phi) is 31.2. The van der Waals surface area contributed by atoms with Crippen molar-refractivity contribution in [1.29, 1.82) is 5.26 Å². The molecule has 27 heteroatoms. The smallest absolute Gasteiger partial charge is 0.317 e. The third-order valence-corrected chi connectivity index (χ3v) is 16.4. The Morgan fingerprint density at radius 1 is 0.769 bits per heavy atom. The molecule has 1 aromatic heterocycles. The number of aliphatic carboxylic acids is 1. The van der Waals surface area contributed by atoms with Gasteiger partial charge in [-0.3, -0.25) is 73.3 Å². The average molecular weight is 1270 g/mol. The third kappa shape index (κ3) is 26.8. The summed E-state index contributed by atoms with van der Waals surface area (Å²) in [6.07, 6.45) is 10.8. The van der Waals surface area contributed by atoms with E-state index in [4.69, 9.17) is 14.2 Å². The Hall–Kier alpha value is -7.90. The number of amides is 5. The molecule has 3 fully saturated rings. The molecule has 26 nitrogen and oxygen atoms in total. The van der Waals surface area contributed by atoms with Gasteiger partial charge < -0.3 is 45.1 Å². The van der Waals surface area contributed by atoms with E-state index in [1.165, 1.54) is 29.1 Å². The summed E-state index contributed by atoms with van der Waals surface area (Å²) in [5, 5.41) is 32.9. The Morgan fingerprint density at radius 2 is 1.44 bits per heavy atom. The van der Waals surface area contributed by atoms with Crippen LogP contribution in [-0.2, 0) is 49.5 Å². The zero-order valence-corrected chi connectivity index (χ0v) is 52.9. The maximum atomic E-state index is 14.6. The Morgan fingerprint density at radius 3 is 2.11 bits per heavy atom. The van der Waals surface area contributed by atoms with Crippen molar-refractivity contribution in [2.75, 3.05) is 138 Å². The molecule has 5 amide bonds. The lowest BCUT2D eigenvalue weighted by molar-refractivity contribution is -0.139. The van der Waals surface area contributed by atoms with E-state index in [9.17, 15) is 53.1 Å². The van der Waals surface area contributed by atoms with Gasteiger partial charge in [-0.05, 0) is 101 Å². The highest BCUT2D eigenvalue weighted by Gasteiger charge is 2.43. The van der Waals surface area contributed by atoms with Gasteiger partial charge in [0.15, 0.2) is 0 Å². The molecule has 1 unspecified atom stereocenters. The van der Waals surface area contributed by atoms with Crippen LogP contribution in [0.3, 0.4) is 0 Å². The van der Waals surface area contributed by atoms with Crippen molar-refractivity contribution in [2.45, 2.75) is 115 Å². The maximum Gasteiger partial charge on any atom is 0.317 e. The van der Waals surface area contributed by atoms with E-state index in [2.05, 4.69) is 60.6 Å². The number of halogens is 1.